The molecule has 0 aliphatic heterocycles. The van der Waals surface area contributed by atoms with Crippen LogP contribution >= 0.6 is 11.3 Å². The normalized spacial score (nSPS) is 10.6. The second kappa shape index (κ2) is 9.30. The number of esters is 1. The lowest BCUT2D eigenvalue weighted by Crippen LogP contribution is -2.40. The minimum atomic E-state index is -0.698. The van der Waals surface area contributed by atoms with Crippen molar-refractivity contribution in [3.05, 3.63) is 88.1 Å². The molecule has 0 radical (unpaired) electrons. The van der Waals surface area contributed by atoms with Crippen molar-refractivity contribution >= 4 is 34.7 Å². The number of carbonyl (C=O) groups excluding carboxylic acids is 3. The topological polar surface area (TPSA) is 63.7 Å². The van der Waals surface area contributed by atoms with Crippen molar-refractivity contribution in [1.82, 2.24) is 0 Å². The maximum Gasteiger partial charge on any atom is 0.339 e. The van der Waals surface area contributed by atoms with Crippen LogP contribution in [0, 0.1) is 0 Å². The van der Waals surface area contributed by atoms with Gasteiger partial charge >= 0.3 is 5.97 Å². The van der Waals surface area contributed by atoms with Crippen molar-refractivity contribution in [2.75, 3.05) is 11.5 Å². The van der Waals surface area contributed by atoms with Crippen LogP contribution < -0.4 is 4.90 Å². The third kappa shape index (κ3) is 4.78. The molecular formula is C23H21NO4S. The van der Waals surface area contributed by atoms with Crippen molar-refractivity contribution in [2.24, 2.45) is 0 Å². The average molecular weight is 407 g/mol. The first-order valence-corrected chi connectivity index (χ1v) is 10.1. The first-order chi connectivity index (χ1) is 14.0. The minimum Gasteiger partial charge on any atom is -0.452 e. The molecule has 0 bridgehead atoms. The van der Waals surface area contributed by atoms with E-state index < -0.39 is 12.6 Å². The SMILES string of the molecule is CC(C)N(C(=O)COC(=O)c1ccccc1C(=O)c1cccs1)c1ccccc1. The second-order valence-electron chi connectivity index (χ2n) is 6.62. The number of benzene rings is 2. The molecular weight excluding hydrogens is 386 g/mol. The number of para-hydroxylation sites is 1. The van der Waals surface area contributed by atoms with Gasteiger partial charge in [-0.25, -0.2) is 4.79 Å². The van der Waals surface area contributed by atoms with Crippen LogP contribution in [0.1, 0.15) is 39.4 Å². The fourth-order valence-corrected chi connectivity index (χ4v) is 3.67. The molecule has 0 spiro atoms. The number of ether oxygens (including phenoxy) is 1. The third-order valence-corrected chi connectivity index (χ3v) is 5.15. The molecule has 5 nitrogen and oxygen atoms in total. The molecule has 0 fully saturated rings. The van der Waals surface area contributed by atoms with Crippen LogP contribution in [-0.4, -0.2) is 30.3 Å². The van der Waals surface area contributed by atoms with Gasteiger partial charge in [-0.3, -0.25) is 9.59 Å². The van der Waals surface area contributed by atoms with Gasteiger partial charge in [-0.1, -0.05) is 42.5 Å². The number of rotatable bonds is 7. The van der Waals surface area contributed by atoms with Crippen LogP contribution in [0.2, 0.25) is 0 Å². The van der Waals surface area contributed by atoms with Crippen LogP contribution in [0.4, 0.5) is 5.69 Å². The molecule has 0 atom stereocenters. The highest BCUT2D eigenvalue weighted by molar-refractivity contribution is 7.12. The Morgan fingerprint density at radius 2 is 1.55 bits per heavy atom. The van der Waals surface area contributed by atoms with Gasteiger partial charge in [0.05, 0.1) is 10.4 Å². The van der Waals surface area contributed by atoms with Gasteiger partial charge in [0, 0.05) is 17.3 Å². The number of ketones is 1. The summed E-state index contributed by atoms with van der Waals surface area (Å²) in [5, 5.41) is 1.80. The largest absolute Gasteiger partial charge is 0.452 e. The Morgan fingerprint density at radius 1 is 0.897 bits per heavy atom. The van der Waals surface area contributed by atoms with Gasteiger partial charge < -0.3 is 9.64 Å². The van der Waals surface area contributed by atoms with Gasteiger partial charge in [-0.2, -0.15) is 0 Å². The van der Waals surface area contributed by atoms with E-state index in [0.717, 1.165) is 5.69 Å². The van der Waals surface area contributed by atoms with Crippen molar-refractivity contribution in [1.29, 1.82) is 0 Å². The fraction of sp³-hybridized carbons (Fsp3) is 0.174. The molecule has 2 aromatic carbocycles. The van der Waals surface area contributed by atoms with Crippen LogP contribution in [0.5, 0.6) is 0 Å². The van der Waals surface area contributed by atoms with E-state index in [2.05, 4.69) is 0 Å². The second-order valence-corrected chi connectivity index (χ2v) is 7.57. The molecule has 0 saturated heterocycles. The van der Waals surface area contributed by atoms with E-state index in [1.165, 1.54) is 17.4 Å². The van der Waals surface area contributed by atoms with E-state index in [9.17, 15) is 14.4 Å². The monoisotopic (exact) mass is 407 g/mol. The smallest absolute Gasteiger partial charge is 0.339 e. The molecule has 0 unspecified atom stereocenters. The van der Waals surface area contributed by atoms with E-state index in [1.54, 1.807) is 40.6 Å². The van der Waals surface area contributed by atoms with Crippen LogP contribution in [0.3, 0.4) is 0 Å². The Morgan fingerprint density at radius 3 is 2.17 bits per heavy atom. The van der Waals surface area contributed by atoms with Gasteiger partial charge in [0.2, 0.25) is 5.78 Å². The molecule has 0 aliphatic carbocycles. The molecule has 1 heterocycles. The van der Waals surface area contributed by atoms with Gasteiger partial charge in [0.25, 0.3) is 5.91 Å². The Bertz CT molecular complexity index is 997. The van der Waals surface area contributed by atoms with E-state index in [-0.39, 0.29) is 28.9 Å². The van der Waals surface area contributed by atoms with E-state index in [0.29, 0.717) is 4.88 Å². The lowest BCUT2D eigenvalue weighted by Gasteiger charge is -2.26. The number of amides is 1. The summed E-state index contributed by atoms with van der Waals surface area (Å²) in [7, 11) is 0. The summed E-state index contributed by atoms with van der Waals surface area (Å²) in [5.74, 6) is -1.27. The zero-order valence-electron chi connectivity index (χ0n) is 16.2. The zero-order valence-corrected chi connectivity index (χ0v) is 17.0. The summed E-state index contributed by atoms with van der Waals surface area (Å²) >= 11 is 1.31. The standard InChI is InChI=1S/C23H21NO4S/c1-16(2)24(17-9-4-3-5-10-17)21(25)15-28-23(27)19-12-7-6-11-18(19)22(26)20-13-8-14-29-20/h3-14,16H,15H2,1-2H3. The maximum atomic E-state index is 12.7. The lowest BCUT2D eigenvalue weighted by molar-refractivity contribution is -0.122. The summed E-state index contributed by atoms with van der Waals surface area (Å²) in [4.78, 5) is 40.1. The van der Waals surface area contributed by atoms with E-state index in [1.807, 2.05) is 44.2 Å². The number of carbonyl (C=O) groups is 3. The summed E-state index contributed by atoms with van der Waals surface area (Å²) in [6.45, 7) is 3.37. The number of thiophene rings is 1. The minimum absolute atomic E-state index is 0.101. The highest BCUT2D eigenvalue weighted by Gasteiger charge is 2.23. The third-order valence-electron chi connectivity index (χ3n) is 4.28. The summed E-state index contributed by atoms with van der Waals surface area (Å²) < 4.78 is 5.27. The van der Waals surface area contributed by atoms with Crippen LogP contribution in [-0.2, 0) is 9.53 Å². The Kier molecular flexibility index (Phi) is 6.57. The van der Waals surface area contributed by atoms with E-state index >= 15 is 0 Å². The average Bonchev–Trinajstić information content (AvgIpc) is 3.27. The summed E-state index contributed by atoms with van der Waals surface area (Å²) in [6, 6.07) is 19.1. The molecule has 0 N–H and O–H groups in total. The quantitative estimate of drug-likeness (QED) is 0.425. The predicted octanol–water partition coefficient (Wildman–Crippen LogP) is 4.58. The first-order valence-electron chi connectivity index (χ1n) is 9.20. The Labute approximate surface area is 173 Å². The fourth-order valence-electron chi connectivity index (χ4n) is 2.99. The highest BCUT2D eigenvalue weighted by Crippen LogP contribution is 2.20. The van der Waals surface area contributed by atoms with Crippen molar-refractivity contribution in [3.8, 4) is 0 Å². The molecule has 3 aromatic rings. The number of anilines is 1. The molecule has 0 aliphatic rings. The molecule has 0 saturated carbocycles. The molecule has 29 heavy (non-hydrogen) atoms. The Balaban J connectivity index is 1.74. The number of nitrogens with zero attached hydrogens (tertiary/aromatic N) is 1. The molecule has 1 amide bonds. The molecule has 3 rings (SSSR count). The Hall–Kier alpha value is -3.25. The lowest BCUT2D eigenvalue weighted by atomic mass is 10.0. The van der Waals surface area contributed by atoms with Crippen molar-refractivity contribution in [2.45, 2.75) is 19.9 Å². The van der Waals surface area contributed by atoms with Gasteiger partial charge in [0.1, 0.15) is 0 Å². The highest BCUT2D eigenvalue weighted by atomic mass is 32.1. The maximum absolute atomic E-state index is 12.7. The number of hydrogen-bond donors (Lipinski definition) is 0. The van der Waals surface area contributed by atoms with Gasteiger partial charge in [0.15, 0.2) is 6.61 Å². The predicted molar refractivity (Wildman–Crippen MR) is 114 cm³/mol. The summed E-state index contributed by atoms with van der Waals surface area (Å²) in [6.07, 6.45) is 0. The summed E-state index contributed by atoms with van der Waals surface area (Å²) in [5.41, 5.74) is 1.14. The zero-order chi connectivity index (χ0) is 20.8. The number of hydrogen-bond acceptors (Lipinski definition) is 5. The molecule has 6 heteroatoms. The van der Waals surface area contributed by atoms with Crippen LogP contribution in [0.15, 0.2) is 72.1 Å². The van der Waals surface area contributed by atoms with Crippen LogP contribution in [0.25, 0.3) is 0 Å². The molecule has 148 valence electrons. The van der Waals surface area contributed by atoms with Gasteiger partial charge in [-0.15, -0.1) is 11.3 Å². The van der Waals surface area contributed by atoms with E-state index in [4.69, 9.17) is 4.74 Å². The van der Waals surface area contributed by atoms with Crippen molar-refractivity contribution < 1.29 is 19.1 Å². The molecule has 1 aromatic heterocycles. The van der Waals surface area contributed by atoms with Gasteiger partial charge in [-0.05, 0) is 43.5 Å². The van der Waals surface area contributed by atoms with Crippen molar-refractivity contribution in [3.63, 3.8) is 0 Å². The first kappa shape index (κ1) is 20.5.